The molecule has 2 heterocycles. The molecule has 0 saturated carbocycles. The maximum absolute atomic E-state index is 13.6. The van der Waals surface area contributed by atoms with Gasteiger partial charge in [-0.05, 0) is 53.9 Å². The molecule has 3 unspecified atom stereocenters. The zero-order chi connectivity index (χ0) is 18.1. The summed E-state index contributed by atoms with van der Waals surface area (Å²) in [5, 5.41) is 3.60. The molecule has 2 aromatic carbocycles. The van der Waals surface area contributed by atoms with Crippen molar-refractivity contribution in [3.8, 4) is 0 Å². The fourth-order valence-corrected chi connectivity index (χ4v) is 4.12. The van der Waals surface area contributed by atoms with Crippen LogP contribution in [0, 0.1) is 17.6 Å². The van der Waals surface area contributed by atoms with Gasteiger partial charge >= 0.3 is 0 Å². The van der Waals surface area contributed by atoms with E-state index in [4.69, 9.17) is 4.74 Å². The Morgan fingerprint density at radius 3 is 2.54 bits per heavy atom. The summed E-state index contributed by atoms with van der Waals surface area (Å²) in [5.41, 5.74) is 3.20. The van der Waals surface area contributed by atoms with Crippen LogP contribution in [0.1, 0.15) is 24.2 Å². The largest absolute Gasteiger partial charge is 0.373 e. The lowest BCUT2D eigenvalue weighted by Crippen LogP contribution is -2.54. The van der Waals surface area contributed by atoms with Crippen molar-refractivity contribution in [3.63, 3.8) is 0 Å². The minimum Gasteiger partial charge on any atom is -0.373 e. The first-order valence-electron chi connectivity index (χ1n) is 9.25. The van der Waals surface area contributed by atoms with Gasteiger partial charge in [-0.3, -0.25) is 0 Å². The molecule has 4 rings (SSSR count). The average Bonchev–Trinajstić information content (AvgIpc) is 2.67. The summed E-state index contributed by atoms with van der Waals surface area (Å²) < 4.78 is 32.8. The third kappa shape index (κ3) is 4.77. The van der Waals surface area contributed by atoms with E-state index in [0.29, 0.717) is 6.61 Å². The van der Waals surface area contributed by atoms with Crippen LogP contribution in [0.5, 0.6) is 0 Å². The third-order valence-corrected chi connectivity index (χ3v) is 5.59. The summed E-state index contributed by atoms with van der Waals surface area (Å²) in [4.78, 5) is 2.28. The molecule has 0 amide bonds. The van der Waals surface area contributed by atoms with E-state index in [1.165, 1.54) is 18.2 Å². The van der Waals surface area contributed by atoms with E-state index in [9.17, 15) is 8.78 Å². The van der Waals surface area contributed by atoms with Crippen molar-refractivity contribution in [2.24, 2.45) is 5.92 Å². The van der Waals surface area contributed by atoms with Crippen LogP contribution in [0.4, 0.5) is 14.5 Å². The first-order chi connectivity index (χ1) is 12.6. The molecule has 2 aliphatic heterocycles. The first kappa shape index (κ1) is 22.9. The lowest BCUT2D eigenvalue weighted by molar-refractivity contribution is -0.00549. The van der Waals surface area contributed by atoms with Crippen molar-refractivity contribution >= 4 is 30.5 Å². The quantitative estimate of drug-likeness (QED) is 0.773. The molecular formula is C21H26Cl2F2N2O. The van der Waals surface area contributed by atoms with Crippen molar-refractivity contribution in [3.05, 3.63) is 65.2 Å². The number of ether oxygens (including phenoxy) is 1. The number of fused-ring (bicyclic) bond motifs is 1. The van der Waals surface area contributed by atoms with Gasteiger partial charge in [0.2, 0.25) is 0 Å². The summed E-state index contributed by atoms with van der Waals surface area (Å²) in [6.45, 7) is 5.41. The van der Waals surface area contributed by atoms with Crippen molar-refractivity contribution in [2.75, 3.05) is 31.1 Å². The molecule has 2 aromatic rings. The molecule has 154 valence electrons. The Kier molecular flexibility index (Phi) is 8.07. The Bertz CT molecular complexity index is 776. The van der Waals surface area contributed by atoms with Crippen LogP contribution < -0.4 is 10.2 Å². The van der Waals surface area contributed by atoms with Crippen LogP contribution in [-0.4, -0.2) is 32.3 Å². The molecule has 0 bridgehead atoms. The van der Waals surface area contributed by atoms with Gasteiger partial charge in [-0.1, -0.05) is 13.0 Å². The zero-order valence-electron chi connectivity index (χ0n) is 15.7. The fourth-order valence-electron chi connectivity index (χ4n) is 4.12. The van der Waals surface area contributed by atoms with Crippen molar-refractivity contribution in [2.45, 2.75) is 25.5 Å². The Balaban J connectivity index is 0.00000140. The Labute approximate surface area is 177 Å². The number of halogens is 4. The second-order valence-corrected chi connectivity index (χ2v) is 7.23. The van der Waals surface area contributed by atoms with Crippen LogP contribution >= 0.6 is 24.8 Å². The van der Waals surface area contributed by atoms with Gasteiger partial charge in [-0.2, -0.15) is 0 Å². The summed E-state index contributed by atoms with van der Waals surface area (Å²) in [6.07, 6.45) is 0.723. The lowest BCUT2D eigenvalue weighted by atomic mass is 9.85. The van der Waals surface area contributed by atoms with E-state index >= 15 is 0 Å². The fraction of sp³-hybridized carbons (Fsp3) is 0.429. The number of piperazine rings is 1. The molecule has 1 saturated heterocycles. The monoisotopic (exact) mass is 430 g/mol. The molecular weight excluding hydrogens is 405 g/mol. The van der Waals surface area contributed by atoms with E-state index in [2.05, 4.69) is 17.1 Å². The maximum Gasteiger partial charge on any atom is 0.123 e. The number of rotatable bonds is 3. The van der Waals surface area contributed by atoms with Crippen molar-refractivity contribution in [1.82, 2.24) is 5.32 Å². The van der Waals surface area contributed by atoms with Gasteiger partial charge in [0.05, 0.1) is 12.7 Å². The van der Waals surface area contributed by atoms with E-state index < -0.39 is 0 Å². The normalized spacial score (nSPS) is 22.5. The topological polar surface area (TPSA) is 24.5 Å². The third-order valence-electron chi connectivity index (χ3n) is 5.59. The SMILES string of the molecule is CC(C1CN(c2ccc(F)cc2)CCN1)C1OCCc2cc(F)ccc21.Cl.Cl. The molecule has 0 aromatic heterocycles. The average molecular weight is 431 g/mol. The van der Waals surface area contributed by atoms with Gasteiger partial charge in [-0.25, -0.2) is 8.78 Å². The molecule has 2 aliphatic rings. The van der Waals surface area contributed by atoms with Gasteiger partial charge in [0.25, 0.3) is 0 Å². The first-order valence-corrected chi connectivity index (χ1v) is 9.25. The van der Waals surface area contributed by atoms with Crippen LogP contribution in [0.3, 0.4) is 0 Å². The highest BCUT2D eigenvalue weighted by Crippen LogP contribution is 2.35. The Morgan fingerprint density at radius 1 is 1.07 bits per heavy atom. The van der Waals surface area contributed by atoms with Gasteiger partial charge < -0.3 is 15.0 Å². The molecule has 7 heteroatoms. The number of nitrogens with zero attached hydrogens (tertiary/aromatic N) is 1. The second-order valence-electron chi connectivity index (χ2n) is 7.23. The Hall–Kier alpha value is -1.40. The van der Waals surface area contributed by atoms with Crippen LogP contribution in [0.2, 0.25) is 0 Å². The van der Waals surface area contributed by atoms with E-state index in [0.717, 1.165) is 42.9 Å². The van der Waals surface area contributed by atoms with Gasteiger partial charge in [0, 0.05) is 37.3 Å². The predicted octanol–water partition coefficient (Wildman–Crippen LogP) is 4.54. The number of nitrogens with one attached hydrogen (secondary N) is 1. The maximum atomic E-state index is 13.6. The number of hydrogen-bond acceptors (Lipinski definition) is 3. The molecule has 0 aliphatic carbocycles. The molecule has 3 atom stereocenters. The number of hydrogen-bond donors (Lipinski definition) is 1. The standard InChI is InChI=1S/C21H24F2N2O.2ClH/c1-14(21-19-7-4-17(23)12-15(19)8-11-26-21)20-13-25(10-9-24-20)18-5-2-16(22)3-6-18;;/h2-7,12,14,20-21,24H,8-11,13H2,1H3;2*1H. The molecule has 0 spiro atoms. The van der Waals surface area contributed by atoms with Crippen molar-refractivity contribution in [1.29, 1.82) is 0 Å². The molecule has 0 radical (unpaired) electrons. The van der Waals surface area contributed by atoms with Crippen LogP contribution in [0.25, 0.3) is 0 Å². The predicted molar refractivity (Wildman–Crippen MR) is 113 cm³/mol. The highest BCUT2D eigenvalue weighted by molar-refractivity contribution is 5.85. The molecule has 28 heavy (non-hydrogen) atoms. The number of benzene rings is 2. The summed E-state index contributed by atoms with van der Waals surface area (Å²) in [6, 6.07) is 11.9. The van der Waals surface area contributed by atoms with E-state index in [1.807, 2.05) is 18.2 Å². The minimum atomic E-state index is -0.215. The summed E-state index contributed by atoms with van der Waals surface area (Å²) >= 11 is 0. The highest BCUT2D eigenvalue weighted by Gasteiger charge is 2.33. The highest BCUT2D eigenvalue weighted by atomic mass is 35.5. The van der Waals surface area contributed by atoms with Gasteiger partial charge in [0.1, 0.15) is 11.6 Å². The Morgan fingerprint density at radius 2 is 1.79 bits per heavy atom. The molecule has 1 N–H and O–H groups in total. The van der Waals surface area contributed by atoms with E-state index in [1.54, 1.807) is 6.07 Å². The number of anilines is 1. The second kappa shape index (κ2) is 9.88. The summed E-state index contributed by atoms with van der Waals surface area (Å²) in [5.74, 6) is -0.161. The van der Waals surface area contributed by atoms with Crippen molar-refractivity contribution < 1.29 is 13.5 Å². The van der Waals surface area contributed by atoms with E-state index in [-0.39, 0.29) is 54.5 Å². The summed E-state index contributed by atoms with van der Waals surface area (Å²) in [7, 11) is 0. The minimum absolute atomic E-state index is 0. The molecule has 1 fully saturated rings. The van der Waals surface area contributed by atoms with Gasteiger partial charge in [-0.15, -0.1) is 24.8 Å². The lowest BCUT2D eigenvalue weighted by Gasteiger charge is -2.41. The van der Waals surface area contributed by atoms with Crippen LogP contribution in [0.15, 0.2) is 42.5 Å². The molecule has 3 nitrogen and oxygen atoms in total. The van der Waals surface area contributed by atoms with Gasteiger partial charge in [0.15, 0.2) is 0 Å². The zero-order valence-corrected chi connectivity index (χ0v) is 17.4. The smallest absolute Gasteiger partial charge is 0.123 e. The van der Waals surface area contributed by atoms with Crippen LogP contribution in [-0.2, 0) is 11.2 Å².